The minimum absolute atomic E-state index is 0.214. The molecular weight excluding hydrogens is 242 g/mol. The fourth-order valence-corrected chi connectivity index (χ4v) is 2.34. The van der Waals surface area contributed by atoms with Crippen LogP contribution >= 0.6 is 0 Å². The number of nitrogens with one attached hydrogen (secondary N) is 1. The van der Waals surface area contributed by atoms with E-state index in [1.807, 2.05) is 6.07 Å². The van der Waals surface area contributed by atoms with Crippen LogP contribution in [-0.2, 0) is 0 Å². The molecule has 0 saturated carbocycles. The molecule has 0 unspecified atom stereocenters. The summed E-state index contributed by atoms with van der Waals surface area (Å²) < 4.78 is 0. The molecule has 1 aromatic heterocycles. The van der Waals surface area contributed by atoms with Crippen LogP contribution < -0.4 is 16.0 Å². The monoisotopic (exact) mass is 263 g/mol. The summed E-state index contributed by atoms with van der Waals surface area (Å²) in [5.41, 5.74) is 5.36. The summed E-state index contributed by atoms with van der Waals surface area (Å²) in [6.45, 7) is 6.23. The van der Waals surface area contributed by atoms with Crippen molar-refractivity contribution in [1.29, 1.82) is 0 Å². The van der Waals surface area contributed by atoms with Crippen molar-refractivity contribution in [1.82, 2.24) is 15.5 Å². The number of hydrogen-bond acceptors (Lipinski definition) is 5. The van der Waals surface area contributed by atoms with Gasteiger partial charge in [-0.05, 0) is 44.0 Å². The standard InChI is InChI=1S/C13H21N5O/c1-2-15-9-10-5-7-18(8-6-10)12-4-3-11(13(14)19)16-17-12/h3-4,10,15H,2,5-9H2,1H3,(H2,14,19). The van der Waals surface area contributed by atoms with E-state index >= 15 is 0 Å². The van der Waals surface area contributed by atoms with Crippen LogP contribution in [0.2, 0.25) is 0 Å². The molecule has 0 bridgehead atoms. The Hall–Kier alpha value is -1.69. The van der Waals surface area contributed by atoms with Gasteiger partial charge in [-0.3, -0.25) is 4.79 Å². The first-order valence-electron chi connectivity index (χ1n) is 6.80. The van der Waals surface area contributed by atoms with E-state index in [0.717, 1.165) is 50.8 Å². The number of anilines is 1. The zero-order chi connectivity index (χ0) is 13.7. The van der Waals surface area contributed by atoms with Gasteiger partial charge in [0.1, 0.15) is 0 Å². The quantitative estimate of drug-likeness (QED) is 0.803. The number of primary amides is 1. The lowest BCUT2D eigenvalue weighted by atomic mass is 9.97. The first-order chi connectivity index (χ1) is 9.20. The maximum Gasteiger partial charge on any atom is 0.269 e. The highest BCUT2D eigenvalue weighted by Crippen LogP contribution is 2.20. The van der Waals surface area contributed by atoms with E-state index in [1.165, 1.54) is 0 Å². The topological polar surface area (TPSA) is 84.1 Å². The number of aromatic nitrogens is 2. The number of piperidine rings is 1. The highest BCUT2D eigenvalue weighted by atomic mass is 16.1. The van der Waals surface area contributed by atoms with Gasteiger partial charge in [-0.1, -0.05) is 6.92 Å². The molecule has 0 spiro atoms. The zero-order valence-corrected chi connectivity index (χ0v) is 11.3. The van der Waals surface area contributed by atoms with Crippen molar-refractivity contribution in [3.8, 4) is 0 Å². The van der Waals surface area contributed by atoms with Crippen LogP contribution in [0.4, 0.5) is 5.82 Å². The normalized spacial score (nSPS) is 16.6. The molecule has 3 N–H and O–H groups in total. The summed E-state index contributed by atoms with van der Waals surface area (Å²) in [7, 11) is 0. The Morgan fingerprint density at radius 1 is 1.42 bits per heavy atom. The molecule has 104 valence electrons. The van der Waals surface area contributed by atoms with Crippen molar-refractivity contribution < 1.29 is 4.79 Å². The van der Waals surface area contributed by atoms with Crippen LogP contribution in [0.5, 0.6) is 0 Å². The SMILES string of the molecule is CCNCC1CCN(c2ccc(C(N)=O)nn2)CC1. The van der Waals surface area contributed by atoms with Crippen LogP contribution in [-0.4, -0.2) is 42.3 Å². The third-order valence-electron chi connectivity index (χ3n) is 3.52. The molecule has 2 rings (SSSR count). The molecule has 1 amide bonds. The number of nitrogens with two attached hydrogens (primary N) is 1. The predicted molar refractivity (Wildman–Crippen MR) is 74.0 cm³/mol. The highest BCUT2D eigenvalue weighted by Gasteiger charge is 2.20. The van der Waals surface area contributed by atoms with Crippen molar-refractivity contribution >= 4 is 11.7 Å². The molecule has 19 heavy (non-hydrogen) atoms. The summed E-state index contributed by atoms with van der Waals surface area (Å²) >= 11 is 0. The molecule has 0 radical (unpaired) electrons. The maximum atomic E-state index is 10.9. The molecule has 1 saturated heterocycles. The molecule has 1 fully saturated rings. The van der Waals surface area contributed by atoms with E-state index in [4.69, 9.17) is 5.73 Å². The van der Waals surface area contributed by atoms with E-state index in [-0.39, 0.29) is 5.69 Å². The van der Waals surface area contributed by atoms with Crippen molar-refractivity contribution in [3.05, 3.63) is 17.8 Å². The molecule has 0 aromatic carbocycles. The van der Waals surface area contributed by atoms with Gasteiger partial charge in [-0.25, -0.2) is 0 Å². The predicted octanol–water partition coefficient (Wildman–Crippen LogP) is 0.401. The van der Waals surface area contributed by atoms with Crippen LogP contribution in [0.25, 0.3) is 0 Å². The van der Waals surface area contributed by atoms with E-state index in [0.29, 0.717) is 0 Å². The molecule has 6 nitrogen and oxygen atoms in total. The molecule has 2 heterocycles. The molecule has 0 atom stereocenters. The van der Waals surface area contributed by atoms with Crippen LogP contribution in [0.1, 0.15) is 30.3 Å². The Balaban J connectivity index is 1.88. The number of amides is 1. The van der Waals surface area contributed by atoms with Gasteiger partial charge < -0.3 is 16.0 Å². The summed E-state index contributed by atoms with van der Waals surface area (Å²) in [6.07, 6.45) is 2.32. The molecule has 1 aromatic rings. The highest BCUT2D eigenvalue weighted by molar-refractivity contribution is 5.90. The average molecular weight is 263 g/mol. The molecular formula is C13H21N5O. The van der Waals surface area contributed by atoms with Gasteiger partial charge in [0.05, 0.1) is 0 Å². The molecule has 1 aliphatic heterocycles. The second-order valence-corrected chi connectivity index (χ2v) is 4.88. The first-order valence-corrected chi connectivity index (χ1v) is 6.80. The van der Waals surface area contributed by atoms with E-state index in [1.54, 1.807) is 6.07 Å². The van der Waals surface area contributed by atoms with Crippen molar-refractivity contribution in [2.45, 2.75) is 19.8 Å². The molecule has 0 aliphatic carbocycles. The Labute approximate surface area is 113 Å². The Bertz CT molecular complexity index is 412. The lowest BCUT2D eigenvalue weighted by molar-refractivity contribution is 0.0994. The molecule has 1 aliphatic rings. The lowest BCUT2D eigenvalue weighted by Gasteiger charge is -2.32. The Kier molecular flexibility index (Phi) is 4.68. The first kappa shape index (κ1) is 13.7. The fraction of sp³-hybridized carbons (Fsp3) is 0.615. The average Bonchev–Trinajstić information content (AvgIpc) is 2.46. The zero-order valence-electron chi connectivity index (χ0n) is 11.3. The Morgan fingerprint density at radius 2 is 2.16 bits per heavy atom. The fourth-order valence-electron chi connectivity index (χ4n) is 2.34. The summed E-state index contributed by atoms with van der Waals surface area (Å²) in [4.78, 5) is 13.1. The third kappa shape index (κ3) is 3.64. The van der Waals surface area contributed by atoms with Gasteiger partial charge in [0, 0.05) is 13.1 Å². The van der Waals surface area contributed by atoms with E-state index in [2.05, 4.69) is 27.3 Å². The van der Waals surface area contributed by atoms with Crippen molar-refractivity contribution in [2.24, 2.45) is 11.7 Å². The van der Waals surface area contributed by atoms with Gasteiger partial charge in [0.2, 0.25) is 0 Å². The van der Waals surface area contributed by atoms with E-state index < -0.39 is 5.91 Å². The number of nitrogens with zero attached hydrogens (tertiary/aromatic N) is 3. The third-order valence-corrected chi connectivity index (χ3v) is 3.52. The van der Waals surface area contributed by atoms with Gasteiger partial charge in [0.25, 0.3) is 5.91 Å². The van der Waals surface area contributed by atoms with Gasteiger partial charge in [-0.15, -0.1) is 10.2 Å². The van der Waals surface area contributed by atoms with Crippen LogP contribution in [0, 0.1) is 5.92 Å². The largest absolute Gasteiger partial charge is 0.364 e. The maximum absolute atomic E-state index is 10.9. The van der Waals surface area contributed by atoms with Gasteiger partial charge in [-0.2, -0.15) is 0 Å². The minimum Gasteiger partial charge on any atom is -0.364 e. The summed E-state index contributed by atoms with van der Waals surface area (Å²) in [5.74, 6) is 1.03. The molecule has 6 heteroatoms. The smallest absolute Gasteiger partial charge is 0.269 e. The van der Waals surface area contributed by atoms with Crippen molar-refractivity contribution in [3.63, 3.8) is 0 Å². The van der Waals surface area contributed by atoms with Gasteiger partial charge in [0.15, 0.2) is 11.5 Å². The number of hydrogen-bond donors (Lipinski definition) is 2. The number of carbonyl (C=O) groups excluding carboxylic acids is 1. The summed E-state index contributed by atoms with van der Waals surface area (Å²) in [6, 6.07) is 3.45. The van der Waals surface area contributed by atoms with Crippen LogP contribution in [0.3, 0.4) is 0 Å². The number of rotatable bonds is 5. The number of carbonyl (C=O) groups is 1. The minimum atomic E-state index is -0.539. The second-order valence-electron chi connectivity index (χ2n) is 4.88. The lowest BCUT2D eigenvalue weighted by Crippen LogP contribution is -2.37. The Morgan fingerprint density at radius 3 is 2.68 bits per heavy atom. The second kappa shape index (κ2) is 6.47. The van der Waals surface area contributed by atoms with Crippen LogP contribution in [0.15, 0.2) is 12.1 Å². The summed E-state index contributed by atoms with van der Waals surface area (Å²) in [5, 5.41) is 11.3. The van der Waals surface area contributed by atoms with E-state index in [9.17, 15) is 4.79 Å². The van der Waals surface area contributed by atoms with Gasteiger partial charge >= 0.3 is 0 Å². The van der Waals surface area contributed by atoms with Crippen molar-refractivity contribution in [2.75, 3.05) is 31.1 Å².